The van der Waals surface area contributed by atoms with Crippen LogP contribution >= 0.6 is 0 Å². The Kier molecular flexibility index (Phi) is 5.01. The second-order valence-corrected chi connectivity index (χ2v) is 5.39. The zero-order valence-corrected chi connectivity index (χ0v) is 12.5. The van der Waals surface area contributed by atoms with Crippen LogP contribution in [0.5, 0.6) is 5.75 Å². The number of rotatable bonds is 5. The predicted octanol–water partition coefficient (Wildman–Crippen LogP) is 2.78. The lowest BCUT2D eigenvalue weighted by Gasteiger charge is -2.25. The molecule has 2 atom stereocenters. The molecule has 0 radical (unpaired) electrons. The lowest BCUT2D eigenvalue weighted by molar-refractivity contribution is -0.147. The average Bonchev–Trinajstić information content (AvgIpc) is 2.83. The average molecular weight is 277 g/mol. The Morgan fingerprint density at radius 2 is 2.30 bits per heavy atom. The largest absolute Gasteiger partial charge is 0.497 e. The van der Waals surface area contributed by atoms with Gasteiger partial charge in [0.05, 0.1) is 7.11 Å². The number of hydrogen-bond donors (Lipinski definition) is 0. The zero-order chi connectivity index (χ0) is 14.5. The number of ether oxygens (including phenoxy) is 2. The number of methoxy groups -OCH3 is 1. The highest BCUT2D eigenvalue weighted by Gasteiger charge is 2.27. The normalized spacial score (nSPS) is 20.6. The van der Waals surface area contributed by atoms with E-state index in [9.17, 15) is 4.79 Å². The molecule has 0 aliphatic carbocycles. The smallest absolute Gasteiger partial charge is 0.303 e. The van der Waals surface area contributed by atoms with Crippen LogP contribution in [0, 0.1) is 0 Å². The van der Waals surface area contributed by atoms with Crippen molar-refractivity contribution in [3.05, 3.63) is 29.8 Å². The second-order valence-electron chi connectivity index (χ2n) is 5.39. The van der Waals surface area contributed by atoms with Gasteiger partial charge in [0, 0.05) is 19.4 Å². The minimum absolute atomic E-state index is 0.201. The van der Waals surface area contributed by atoms with Gasteiger partial charge in [0.25, 0.3) is 0 Å². The highest BCUT2D eigenvalue weighted by Crippen LogP contribution is 2.30. The van der Waals surface area contributed by atoms with E-state index in [1.165, 1.54) is 13.3 Å². The Hall–Kier alpha value is -1.55. The van der Waals surface area contributed by atoms with Crippen LogP contribution in [-0.4, -0.2) is 37.6 Å². The molecular formula is C16H23NO3. The summed E-state index contributed by atoms with van der Waals surface area (Å²) in [6, 6.07) is 8.25. The SMILES string of the molecule is COc1cccc([C@H](C[C@H]2CCCN2C)OC(C)=O)c1. The molecule has 0 N–H and O–H groups in total. The minimum atomic E-state index is -0.238. The first-order chi connectivity index (χ1) is 9.60. The number of benzene rings is 1. The molecule has 1 aliphatic heterocycles. The molecule has 4 nitrogen and oxygen atoms in total. The molecule has 0 spiro atoms. The van der Waals surface area contributed by atoms with Gasteiger partial charge in [0.2, 0.25) is 0 Å². The quantitative estimate of drug-likeness (QED) is 0.776. The van der Waals surface area contributed by atoms with Crippen molar-refractivity contribution in [3.8, 4) is 5.75 Å². The lowest BCUT2D eigenvalue weighted by atomic mass is 10.00. The molecule has 4 heteroatoms. The van der Waals surface area contributed by atoms with Crippen LogP contribution in [0.2, 0.25) is 0 Å². The van der Waals surface area contributed by atoms with Crippen molar-refractivity contribution in [2.24, 2.45) is 0 Å². The van der Waals surface area contributed by atoms with Gasteiger partial charge in [-0.2, -0.15) is 0 Å². The predicted molar refractivity (Wildman–Crippen MR) is 77.8 cm³/mol. The van der Waals surface area contributed by atoms with Crippen LogP contribution in [0.1, 0.15) is 37.9 Å². The Morgan fingerprint density at radius 1 is 1.50 bits per heavy atom. The number of nitrogens with zero attached hydrogens (tertiary/aromatic N) is 1. The Morgan fingerprint density at radius 3 is 2.90 bits per heavy atom. The van der Waals surface area contributed by atoms with Crippen molar-refractivity contribution in [1.82, 2.24) is 4.90 Å². The topological polar surface area (TPSA) is 38.8 Å². The molecular weight excluding hydrogens is 254 g/mol. The third-order valence-corrected chi connectivity index (χ3v) is 3.93. The molecule has 0 saturated carbocycles. The van der Waals surface area contributed by atoms with Crippen LogP contribution in [0.4, 0.5) is 0 Å². The van der Waals surface area contributed by atoms with Gasteiger partial charge in [-0.25, -0.2) is 0 Å². The zero-order valence-electron chi connectivity index (χ0n) is 12.5. The fraction of sp³-hybridized carbons (Fsp3) is 0.562. The van der Waals surface area contributed by atoms with E-state index in [0.717, 1.165) is 30.7 Å². The van der Waals surface area contributed by atoms with E-state index in [1.807, 2.05) is 24.3 Å². The van der Waals surface area contributed by atoms with Gasteiger partial charge in [-0.3, -0.25) is 4.79 Å². The van der Waals surface area contributed by atoms with E-state index >= 15 is 0 Å². The van der Waals surface area contributed by atoms with Crippen LogP contribution in [0.3, 0.4) is 0 Å². The van der Waals surface area contributed by atoms with Gasteiger partial charge in [0.15, 0.2) is 0 Å². The van der Waals surface area contributed by atoms with Crippen molar-refractivity contribution in [3.63, 3.8) is 0 Å². The summed E-state index contributed by atoms with van der Waals surface area (Å²) < 4.78 is 10.8. The maximum absolute atomic E-state index is 11.4. The Labute approximate surface area is 120 Å². The summed E-state index contributed by atoms with van der Waals surface area (Å²) in [6.07, 6.45) is 3.02. The number of hydrogen-bond acceptors (Lipinski definition) is 4. The van der Waals surface area contributed by atoms with E-state index < -0.39 is 0 Å². The molecule has 1 heterocycles. The number of carbonyl (C=O) groups is 1. The molecule has 1 fully saturated rings. The van der Waals surface area contributed by atoms with E-state index in [-0.39, 0.29) is 12.1 Å². The van der Waals surface area contributed by atoms with Crippen LogP contribution in [-0.2, 0) is 9.53 Å². The molecule has 0 amide bonds. The minimum Gasteiger partial charge on any atom is -0.497 e. The third-order valence-electron chi connectivity index (χ3n) is 3.93. The van der Waals surface area contributed by atoms with Crippen LogP contribution in [0.25, 0.3) is 0 Å². The summed E-state index contributed by atoms with van der Waals surface area (Å²) in [7, 11) is 3.78. The number of likely N-dealkylation sites (tertiary alicyclic amines) is 1. The molecule has 1 saturated heterocycles. The van der Waals surface area contributed by atoms with E-state index in [0.29, 0.717) is 6.04 Å². The monoisotopic (exact) mass is 277 g/mol. The summed E-state index contributed by atoms with van der Waals surface area (Å²) >= 11 is 0. The van der Waals surface area contributed by atoms with Crippen molar-refractivity contribution >= 4 is 5.97 Å². The molecule has 2 rings (SSSR count). The molecule has 1 aliphatic rings. The second kappa shape index (κ2) is 6.75. The summed E-state index contributed by atoms with van der Waals surface area (Å²) in [6.45, 7) is 2.58. The molecule has 1 aromatic rings. The molecule has 0 aromatic heterocycles. The van der Waals surface area contributed by atoms with Gasteiger partial charge in [-0.1, -0.05) is 12.1 Å². The van der Waals surface area contributed by atoms with Crippen LogP contribution in [0.15, 0.2) is 24.3 Å². The maximum Gasteiger partial charge on any atom is 0.303 e. The van der Waals surface area contributed by atoms with Gasteiger partial charge in [-0.05, 0) is 44.1 Å². The molecule has 0 unspecified atom stereocenters. The first-order valence-electron chi connectivity index (χ1n) is 7.11. The van der Waals surface area contributed by atoms with Gasteiger partial charge < -0.3 is 14.4 Å². The fourth-order valence-corrected chi connectivity index (χ4v) is 2.82. The summed E-state index contributed by atoms with van der Waals surface area (Å²) in [5, 5.41) is 0. The van der Waals surface area contributed by atoms with Gasteiger partial charge in [-0.15, -0.1) is 0 Å². The molecule has 0 bridgehead atoms. The van der Waals surface area contributed by atoms with Crippen molar-refractivity contribution in [2.75, 3.05) is 20.7 Å². The van der Waals surface area contributed by atoms with E-state index in [4.69, 9.17) is 9.47 Å². The highest BCUT2D eigenvalue weighted by molar-refractivity contribution is 5.66. The summed E-state index contributed by atoms with van der Waals surface area (Å²) in [4.78, 5) is 13.7. The van der Waals surface area contributed by atoms with Crippen molar-refractivity contribution < 1.29 is 14.3 Å². The maximum atomic E-state index is 11.4. The first kappa shape index (κ1) is 14.9. The van der Waals surface area contributed by atoms with E-state index in [1.54, 1.807) is 7.11 Å². The van der Waals surface area contributed by atoms with Crippen molar-refractivity contribution in [1.29, 1.82) is 0 Å². The standard InChI is InChI=1S/C16H23NO3/c1-12(18)20-16(11-14-7-5-9-17(14)2)13-6-4-8-15(10-13)19-3/h4,6,8,10,14,16H,5,7,9,11H2,1-3H3/t14-,16+/m1/s1. The number of carbonyl (C=O) groups excluding carboxylic acids is 1. The number of esters is 1. The van der Waals surface area contributed by atoms with Crippen molar-refractivity contribution in [2.45, 2.75) is 38.3 Å². The Balaban J connectivity index is 2.15. The van der Waals surface area contributed by atoms with E-state index in [2.05, 4.69) is 11.9 Å². The summed E-state index contributed by atoms with van der Waals surface area (Å²) in [5.74, 6) is 0.554. The first-order valence-corrected chi connectivity index (χ1v) is 7.11. The molecule has 1 aromatic carbocycles. The fourth-order valence-electron chi connectivity index (χ4n) is 2.82. The summed E-state index contributed by atoms with van der Waals surface area (Å²) in [5.41, 5.74) is 1.000. The van der Waals surface area contributed by atoms with Gasteiger partial charge in [0.1, 0.15) is 11.9 Å². The third kappa shape index (κ3) is 3.73. The van der Waals surface area contributed by atoms with Gasteiger partial charge >= 0.3 is 5.97 Å². The lowest BCUT2D eigenvalue weighted by Crippen LogP contribution is -2.28. The Bertz CT molecular complexity index is 461. The molecule has 110 valence electrons. The highest BCUT2D eigenvalue weighted by atomic mass is 16.5. The van der Waals surface area contributed by atoms with Crippen LogP contribution < -0.4 is 4.74 Å². The molecule has 20 heavy (non-hydrogen) atoms.